The number of benzene rings is 3. The van der Waals surface area contributed by atoms with E-state index in [2.05, 4.69) is 21.2 Å². The molecule has 3 rings (SSSR count). The number of amides is 3. The molecule has 0 atom stereocenters. The molecular formula is C28H30N4O6. The van der Waals surface area contributed by atoms with Crippen molar-refractivity contribution in [1.82, 2.24) is 5.43 Å². The van der Waals surface area contributed by atoms with Crippen molar-refractivity contribution in [2.45, 2.75) is 20.8 Å². The zero-order valence-corrected chi connectivity index (χ0v) is 21.4. The second-order valence-electron chi connectivity index (χ2n) is 7.87. The van der Waals surface area contributed by atoms with Crippen molar-refractivity contribution in [3.05, 3.63) is 77.9 Å². The van der Waals surface area contributed by atoms with Gasteiger partial charge < -0.3 is 24.8 Å². The number of carbonyl (C=O) groups is 3. The number of hydrogen-bond donors (Lipinski definition) is 3. The van der Waals surface area contributed by atoms with Gasteiger partial charge in [0.25, 0.3) is 5.91 Å². The molecule has 0 radical (unpaired) electrons. The second kappa shape index (κ2) is 14.0. The van der Waals surface area contributed by atoms with Crippen molar-refractivity contribution < 1.29 is 28.6 Å². The number of carbonyl (C=O) groups excluding carboxylic acids is 3. The highest BCUT2D eigenvalue weighted by Gasteiger charge is 2.15. The summed E-state index contributed by atoms with van der Waals surface area (Å²) in [6, 6.07) is 19.2. The van der Waals surface area contributed by atoms with Gasteiger partial charge in [0, 0.05) is 5.69 Å². The van der Waals surface area contributed by atoms with Crippen LogP contribution in [0.1, 0.15) is 25.0 Å². The van der Waals surface area contributed by atoms with Crippen LogP contribution in [0.2, 0.25) is 0 Å². The van der Waals surface area contributed by atoms with E-state index < -0.39 is 11.8 Å². The van der Waals surface area contributed by atoms with Crippen LogP contribution in [-0.2, 0) is 14.4 Å². The van der Waals surface area contributed by atoms with E-state index in [-0.39, 0.29) is 12.5 Å². The number of aryl methyl sites for hydroxylation is 1. The first-order chi connectivity index (χ1) is 18.4. The molecule has 0 aliphatic heterocycles. The molecule has 0 saturated carbocycles. The number of nitrogens with one attached hydrogen (secondary N) is 3. The molecule has 0 aliphatic rings. The summed E-state index contributed by atoms with van der Waals surface area (Å²) < 4.78 is 16.7. The quantitative estimate of drug-likeness (QED) is 0.201. The number of hydrogen-bond acceptors (Lipinski definition) is 7. The van der Waals surface area contributed by atoms with Gasteiger partial charge in [-0.2, -0.15) is 5.10 Å². The standard InChI is InChI=1S/C28H30N4O6/c1-4-36-23-13-9-8-12-22(23)31-27(34)28(35)32-29-17-20-14-15-24(25(16-20)37-5-2)38-18-26(33)30-21-11-7-6-10-19(21)3/h6-17H,4-5,18H2,1-3H3,(H,30,33)(H,31,34)(H,32,35)/b29-17-. The summed E-state index contributed by atoms with van der Waals surface area (Å²) in [4.78, 5) is 36.7. The van der Waals surface area contributed by atoms with Crippen LogP contribution < -0.4 is 30.3 Å². The minimum atomic E-state index is -0.947. The van der Waals surface area contributed by atoms with Gasteiger partial charge in [-0.15, -0.1) is 0 Å². The molecule has 3 aromatic carbocycles. The van der Waals surface area contributed by atoms with E-state index in [0.29, 0.717) is 47.4 Å². The fourth-order valence-electron chi connectivity index (χ4n) is 3.28. The minimum absolute atomic E-state index is 0.209. The number of nitrogens with zero attached hydrogens (tertiary/aromatic N) is 1. The summed E-state index contributed by atoms with van der Waals surface area (Å²) in [7, 11) is 0. The second-order valence-corrected chi connectivity index (χ2v) is 7.87. The number of rotatable bonds is 11. The molecule has 0 aromatic heterocycles. The predicted octanol–water partition coefficient (Wildman–Crippen LogP) is 3.90. The fraction of sp³-hybridized carbons (Fsp3) is 0.214. The van der Waals surface area contributed by atoms with Gasteiger partial charge in [-0.1, -0.05) is 30.3 Å². The molecule has 198 valence electrons. The smallest absolute Gasteiger partial charge is 0.329 e. The summed E-state index contributed by atoms with van der Waals surface area (Å²) in [5.41, 5.74) is 4.80. The predicted molar refractivity (Wildman–Crippen MR) is 145 cm³/mol. The van der Waals surface area contributed by atoms with E-state index in [1.807, 2.05) is 45.0 Å². The van der Waals surface area contributed by atoms with Gasteiger partial charge >= 0.3 is 11.8 Å². The lowest BCUT2D eigenvalue weighted by Crippen LogP contribution is -2.32. The van der Waals surface area contributed by atoms with Crippen molar-refractivity contribution in [3.8, 4) is 17.2 Å². The Morgan fingerprint density at radius 1 is 0.763 bits per heavy atom. The van der Waals surface area contributed by atoms with E-state index in [1.165, 1.54) is 6.21 Å². The molecule has 0 heterocycles. The van der Waals surface area contributed by atoms with Crippen LogP contribution in [0.3, 0.4) is 0 Å². The molecule has 10 heteroatoms. The lowest BCUT2D eigenvalue weighted by molar-refractivity contribution is -0.136. The Balaban J connectivity index is 1.57. The summed E-state index contributed by atoms with van der Waals surface area (Å²) >= 11 is 0. The maximum atomic E-state index is 12.3. The average Bonchev–Trinajstić information content (AvgIpc) is 2.91. The van der Waals surface area contributed by atoms with E-state index >= 15 is 0 Å². The first-order valence-corrected chi connectivity index (χ1v) is 12.0. The molecule has 0 spiro atoms. The van der Waals surface area contributed by atoms with Crippen molar-refractivity contribution in [2.24, 2.45) is 5.10 Å². The van der Waals surface area contributed by atoms with Crippen LogP contribution in [-0.4, -0.2) is 43.8 Å². The molecule has 3 N–H and O–H groups in total. The molecule has 38 heavy (non-hydrogen) atoms. The van der Waals surface area contributed by atoms with E-state index in [1.54, 1.807) is 42.5 Å². The number of hydrazone groups is 1. The highest BCUT2D eigenvalue weighted by Crippen LogP contribution is 2.28. The van der Waals surface area contributed by atoms with Crippen LogP contribution in [0.25, 0.3) is 0 Å². The summed E-state index contributed by atoms with van der Waals surface area (Å²) in [5, 5.41) is 9.16. The molecule has 3 amide bonds. The van der Waals surface area contributed by atoms with Gasteiger partial charge in [0.1, 0.15) is 5.75 Å². The highest BCUT2D eigenvalue weighted by molar-refractivity contribution is 6.39. The third-order valence-corrected chi connectivity index (χ3v) is 5.07. The van der Waals surface area contributed by atoms with Crippen molar-refractivity contribution in [2.75, 3.05) is 30.5 Å². The van der Waals surface area contributed by atoms with Gasteiger partial charge in [0.15, 0.2) is 18.1 Å². The van der Waals surface area contributed by atoms with E-state index in [4.69, 9.17) is 14.2 Å². The lowest BCUT2D eigenvalue weighted by Gasteiger charge is -2.13. The minimum Gasteiger partial charge on any atom is -0.492 e. The fourth-order valence-corrected chi connectivity index (χ4v) is 3.28. The highest BCUT2D eigenvalue weighted by atomic mass is 16.5. The van der Waals surface area contributed by atoms with Crippen molar-refractivity contribution >= 4 is 35.3 Å². The van der Waals surface area contributed by atoms with Gasteiger partial charge in [-0.25, -0.2) is 5.43 Å². The van der Waals surface area contributed by atoms with Crippen LogP contribution in [0.15, 0.2) is 71.8 Å². The van der Waals surface area contributed by atoms with Crippen LogP contribution in [0.5, 0.6) is 17.2 Å². The van der Waals surface area contributed by atoms with Gasteiger partial charge in [0.05, 0.1) is 25.1 Å². The Hall–Kier alpha value is -4.86. The van der Waals surface area contributed by atoms with Crippen LogP contribution >= 0.6 is 0 Å². The van der Waals surface area contributed by atoms with E-state index in [0.717, 1.165) is 5.56 Å². The zero-order valence-electron chi connectivity index (χ0n) is 21.4. The lowest BCUT2D eigenvalue weighted by atomic mass is 10.2. The average molecular weight is 519 g/mol. The Labute approximate surface area is 221 Å². The summed E-state index contributed by atoms with van der Waals surface area (Å²) in [6.45, 7) is 6.11. The maximum Gasteiger partial charge on any atom is 0.329 e. The molecule has 0 unspecified atom stereocenters. The van der Waals surface area contributed by atoms with E-state index in [9.17, 15) is 14.4 Å². The SMILES string of the molecule is CCOc1ccccc1NC(=O)C(=O)N/N=C\c1ccc(OCC(=O)Nc2ccccc2C)c(OCC)c1. The Bertz CT molecular complexity index is 1310. The van der Waals surface area contributed by atoms with Crippen molar-refractivity contribution in [1.29, 1.82) is 0 Å². The molecule has 0 aliphatic carbocycles. The zero-order chi connectivity index (χ0) is 27.3. The molecule has 0 saturated heterocycles. The molecule has 0 bridgehead atoms. The van der Waals surface area contributed by atoms with Crippen molar-refractivity contribution in [3.63, 3.8) is 0 Å². The number of ether oxygens (including phenoxy) is 3. The summed E-state index contributed by atoms with van der Waals surface area (Å²) in [5.74, 6) is -0.915. The Morgan fingerprint density at radius 3 is 2.18 bits per heavy atom. The Kier molecular flexibility index (Phi) is 10.2. The molecule has 0 fully saturated rings. The first kappa shape index (κ1) is 27.7. The largest absolute Gasteiger partial charge is 0.492 e. The molecular weight excluding hydrogens is 488 g/mol. The van der Waals surface area contributed by atoms with Gasteiger partial charge in [-0.05, 0) is 68.3 Å². The number of para-hydroxylation sites is 3. The van der Waals surface area contributed by atoms with Gasteiger partial charge in [0.2, 0.25) is 0 Å². The maximum absolute atomic E-state index is 12.3. The normalized spacial score (nSPS) is 10.5. The monoisotopic (exact) mass is 518 g/mol. The topological polar surface area (TPSA) is 127 Å². The van der Waals surface area contributed by atoms with Gasteiger partial charge in [-0.3, -0.25) is 14.4 Å². The molecule has 3 aromatic rings. The molecule has 10 nitrogen and oxygen atoms in total. The van der Waals surface area contributed by atoms with Crippen LogP contribution in [0.4, 0.5) is 11.4 Å². The first-order valence-electron chi connectivity index (χ1n) is 12.0. The number of anilines is 2. The third kappa shape index (κ3) is 8.09. The third-order valence-electron chi connectivity index (χ3n) is 5.07. The van der Waals surface area contributed by atoms with Crippen LogP contribution in [0, 0.1) is 6.92 Å². The Morgan fingerprint density at radius 2 is 1.45 bits per heavy atom. The summed E-state index contributed by atoms with van der Waals surface area (Å²) in [6.07, 6.45) is 1.36.